The smallest absolute Gasteiger partial charge is 0.291 e. The van der Waals surface area contributed by atoms with E-state index in [-0.39, 0.29) is 23.5 Å². The van der Waals surface area contributed by atoms with Gasteiger partial charge in [0, 0.05) is 31.4 Å². The number of halogens is 1. The molecular weight excluding hydrogens is 323 g/mol. The van der Waals surface area contributed by atoms with Gasteiger partial charge in [0.1, 0.15) is 11.6 Å². The third-order valence-electron chi connectivity index (χ3n) is 3.62. The molecule has 0 saturated carbocycles. The van der Waals surface area contributed by atoms with Crippen molar-refractivity contribution in [2.24, 2.45) is 0 Å². The van der Waals surface area contributed by atoms with Crippen LogP contribution in [0.25, 0.3) is 5.69 Å². The molecule has 0 bridgehead atoms. The molecule has 0 unspecified atom stereocenters. The van der Waals surface area contributed by atoms with Crippen LogP contribution in [-0.4, -0.2) is 36.8 Å². The summed E-state index contributed by atoms with van der Waals surface area (Å²) in [5, 5.41) is 7.05. The fourth-order valence-corrected chi connectivity index (χ4v) is 2.39. The molecule has 0 aliphatic rings. The Morgan fingerprint density at radius 2 is 2.20 bits per heavy atom. The van der Waals surface area contributed by atoms with Crippen LogP contribution in [0.3, 0.4) is 0 Å². The Kier molecular flexibility index (Phi) is 4.87. The van der Waals surface area contributed by atoms with E-state index in [1.54, 1.807) is 24.7 Å². The van der Waals surface area contributed by atoms with E-state index in [1.807, 2.05) is 24.6 Å². The number of imidazole rings is 1. The van der Waals surface area contributed by atoms with E-state index >= 15 is 0 Å². The maximum atomic E-state index is 13.5. The second-order valence-corrected chi connectivity index (χ2v) is 5.90. The zero-order valence-corrected chi connectivity index (χ0v) is 14.1. The summed E-state index contributed by atoms with van der Waals surface area (Å²) in [6.45, 7) is 4.93. The molecule has 1 amide bonds. The normalized spacial score (nSPS) is 11.0. The van der Waals surface area contributed by atoms with Crippen molar-refractivity contribution in [3.05, 3.63) is 60.5 Å². The quantitative estimate of drug-likeness (QED) is 0.745. The van der Waals surface area contributed by atoms with E-state index < -0.39 is 0 Å². The van der Waals surface area contributed by atoms with Crippen LogP contribution >= 0.6 is 0 Å². The lowest BCUT2D eigenvalue weighted by atomic mass is 10.2. The first-order chi connectivity index (χ1) is 12.0. The molecule has 0 spiro atoms. The van der Waals surface area contributed by atoms with Gasteiger partial charge >= 0.3 is 0 Å². The summed E-state index contributed by atoms with van der Waals surface area (Å²) in [5.74, 6) is -0.0292. The monoisotopic (exact) mass is 342 g/mol. The molecule has 0 atom stereocenters. The summed E-state index contributed by atoms with van der Waals surface area (Å²) in [5.41, 5.74) is 0.536. The maximum absolute atomic E-state index is 13.5. The Balaban J connectivity index is 1.77. The number of benzene rings is 1. The van der Waals surface area contributed by atoms with Gasteiger partial charge in [-0.1, -0.05) is 19.9 Å². The molecule has 1 N–H and O–H groups in total. The maximum Gasteiger partial charge on any atom is 0.291 e. The summed E-state index contributed by atoms with van der Waals surface area (Å²) < 4.78 is 16.9. The van der Waals surface area contributed by atoms with Gasteiger partial charge in [-0.2, -0.15) is 0 Å². The number of hydrogen-bond acceptors (Lipinski definition) is 4. The summed E-state index contributed by atoms with van der Waals surface area (Å²) in [6.07, 6.45) is 5.18. The highest BCUT2D eigenvalue weighted by atomic mass is 19.1. The molecule has 130 valence electrons. The van der Waals surface area contributed by atoms with Gasteiger partial charge in [-0.25, -0.2) is 19.0 Å². The van der Waals surface area contributed by atoms with Crippen LogP contribution in [0, 0.1) is 5.82 Å². The van der Waals surface area contributed by atoms with Crippen molar-refractivity contribution < 1.29 is 9.18 Å². The first-order valence-electron chi connectivity index (χ1n) is 8.01. The highest BCUT2D eigenvalue weighted by molar-refractivity contribution is 5.90. The first kappa shape index (κ1) is 16.8. The first-order valence-corrected chi connectivity index (χ1v) is 8.01. The van der Waals surface area contributed by atoms with Gasteiger partial charge in [0.25, 0.3) is 5.91 Å². The molecule has 0 aliphatic heterocycles. The zero-order valence-electron chi connectivity index (χ0n) is 14.1. The Labute approximate surface area is 144 Å². The summed E-state index contributed by atoms with van der Waals surface area (Å²) in [7, 11) is 0. The third-order valence-corrected chi connectivity index (χ3v) is 3.62. The van der Waals surface area contributed by atoms with Crippen LogP contribution in [0.1, 0.15) is 36.2 Å². The number of carbonyl (C=O) groups is 1. The van der Waals surface area contributed by atoms with Gasteiger partial charge in [-0.3, -0.25) is 4.79 Å². The van der Waals surface area contributed by atoms with E-state index in [0.29, 0.717) is 24.6 Å². The standard InChI is InChI=1S/C17H19FN6O/c1-12(2)16-21-15(17(25)20-7-9-23-8-6-19-11-23)22-24(16)14-5-3-4-13(18)10-14/h3-6,8,10-12H,7,9H2,1-2H3,(H,20,25). The largest absolute Gasteiger partial charge is 0.347 e. The highest BCUT2D eigenvalue weighted by Gasteiger charge is 2.19. The molecule has 2 heterocycles. The average Bonchev–Trinajstić information content (AvgIpc) is 3.24. The number of nitrogens with zero attached hydrogens (tertiary/aromatic N) is 5. The molecule has 0 saturated heterocycles. The molecule has 7 nitrogen and oxygen atoms in total. The molecule has 25 heavy (non-hydrogen) atoms. The van der Waals surface area contributed by atoms with Crippen LogP contribution < -0.4 is 5.32 Å². The Morgan fingerprint density at radius 1 is 1.36 bits per heavy atom. The third kappa shape index (κ3) is 3.90. The molecular formula is C17H19FN6O. The summed E-state index contributed by atoms with van der Waals surface area (Å²) in [4.78, 5) is 20.6. The Bertz CT molecular complexity index is 856. The Hall–Kier alpha value is -3.03. The van der Waals surface area contributed by atoms with Gasteiger partial charge in [0.15, 0.2) is 0 Å². The van der Waals surface area contributed by atoms with Gasteiger partial charge in [-0.15, -0.1) is 5.10 Å². The zero-order chi connectivity index (χ0) is 17.8. The number of amides is 1. The van der Waals surface area contributed by atoms with Gasteiger partial charge in [0.05, 0.1) is 12.0 Å². The number of nitrogens with one attached hydrogen (secondary N) is 1. The average molecular weight is 342 g/mol. The van der Waals surface area contributed by atoms with Crippen molar-refractivity contribution in [1.29, 1.82) is 0 Å². The minimum absolute atomic E-state index is 0.0308. The molecule has 0 fully saturated rings. The topological polar surface area (TPSA) is 77.6 Å². The van der Waals surface area contributed by atoms with E-state index in [2.05, 4.69) is 20.4 Å². The lowest BCUT2D eigenvalue weighted by Crippen LogP contribution is -2.28. The van der Waals surface area contributed by atoms with E-state index in [0.717, 1.165) is 0 Å². The molecule has 8 heteroatoms. The van der Waals surface area contributed by atoms with Crippen molar-refractivity contribution in [1.82, 2.24) is 29.6 Å². The molecule has 0 aliphatic carbocycles. The van der Waals surface area contributed by atoms with Crippen molar-refractivity contribution in [2.45, 2.75) is 26.3 Å². The lowest BCUT2D eigenvalue weighted by Gasteiger charge is -2.07. The van der Waals surface area contributed by atoms with Crippen molar-refractivity contribution in [2.75, 3.05) is 6.54 Å². The van der Waals surface area contributed by atoms with Crippen LogP contribution in [0.4, 0.5) is 4.39 Å². The molecule has 3 rings (SSSR count). The van der Waals surface area contributed by atoms with E-state index in [4.69, 9.17) is 0 Å². The van der Waals surface area contributed by atoms with Gasteiger partial charge in [0.2, 0.25) is 5.82 Å². The predicted molar refractivity (Wildman–Crippen MR) is 90.0 cm³/mol. The SMILES string of the molecule is CC(C)c1nc(C(=O)NCCn2ccnc2)nn1-c1cccc(F)c1. The van der Waals surface area contributed by atoms with Crippen molar-refractivity contribution in [3.8, 4) is 5.69 Å². The minimum Gasteiger partial charge on any atom is -0.347 e. The minimum atomic E-state index is -0.367. The second kappa shape index (κ2) is 7.25. The fraction of sp³-hybridized carbons (Fsp3) is 0.294. The second-order valence-electron chi connectivity index (χ2n) is 5.90. The number of hydrogen-bond donors (Lipinski definition) is 1. The highest BCUT2D eigenvalue weighted by Crippen LogP contribution is 2.18. The van der Waals surface area contributed by atoms with Gasteiger partial charge in [-0.05, 0) is 18.2 Å². The molecule has 2 aromatic heterocycles. The van der Waals surface area contributed by atoms with E-state index in [1.165, 1.54) is 16.8 Å². The fourth-order valence-electron chi connectivity index (χ4n) is 2.39. The number of carbonyl (C=O) groups excluding carboxylic acids is 1. The molecule has 3 aromatic rings. The molecule has 1 aromatic carbocycles. The summed E-state index contributed by atoms with van der Waals surface area (Å²) >= 11 is 0. The van der Waals surface area contributed by atoms with Crippen molar-refractivity contribution >= 4 is 5.91 Å². The van der Waals surface area contributed by atoms with Gasteiger partial charge < -0.3 is 9.88 Å². The summed E-state index contributed by atoms with van der Waals surface area (Å²) in [6, 6.07) is 6.05. The number of aromatic nitrogens is 5. The van der Waals surface area contributed by atoms with Crippen LogP contribution in [0.15, 0.2) is 43.0 Å². The van der Waals surface area contributed by atoms with Crippen LogP contribution in [0.5, 0.6) is 0 Å². The predicted octanol–water partition coefficient (Wildman–Crippen LogP) is 2.16. The van der Waals surface area contributed by atoms with Crippen LogP contribution in [-0.2, 0) is 6.54 Å². The van der Waals surface area contributed by atoms with Crippen molar-refractivity contribution in [3.63, 3.8) is 0 Å². The van der Waals surface area contributed by atoms with Crippen LogP contribution in [0.2, 0.25) is 0 Å². The number of rotatable bonds is 6. The molecule has 0 radical (unpaired) electrons. The Morgan fingerprint density at radius 3 is 2.88 bits per heavy atom. The van der Waals surface area contributed by atoms with E-state index in [9.17, 15) is 9.18 Å². The lowest BCUT2D eigenvalue weighted by molar-refractivity contribution is 0.0942.